The molecular formula is C13H22N2O4. The first-order valence-electron chi connectivity index (χ1n) is 6.55. The predicted molar refractivity (Wildman–Crippen MR) is 69.4 cm³/mol. The Labute approximate surface area is 113 Å². The molecule has 1 aliphatic heterocycles. The van der Waals surface area contributed by atoms with Gasteiger partial charge < -0.3 is 14.9 Å². The van der Waals surface area contributed by atoms with Crippen molar-refractivity contribution in [1.82, 2.24) is 9.80 Å². The first-order valence-corrected chi connectivity index (χ1v) is 6.55. The van der Waals surface area contributed by atoms with E-state index in [0.29, 0.717) is 13.1 Å². The lowest BCUT2D eigenvalue weighted by molar-refractivity contribution is -0.140. The fourth-order valence-electron chi connectivity index (χ4n) is 2.25. The molecule has 1 rings (SSSR count). The van der Waals surface area contributed by atoms with Gasteiger partial charge in [0, 0.05) is 33.1 Å². The highest BCUT2D eigenvalue weighted by Gasteiger charge is 2.34. The summed E-state index contributed by atoms with van der Waals surface area (Å²) in [5, 5.41) is 8.73. The highest BCUT2D eigenvalue weighted by Crippen LogP contribution is 2.19. The molecule has 1 heterocycles. The number of carbonyl (C=O) groups excluding carboxylic acids is 2. The third-order valence-corrected chi connectivity index (χ3v) is 3.18. The van der Waals surface area contributed by atoms with Gasteiger partial charge in [0.2, 0.25) is 11.8 Å². The largest absolute Gasteiger partial charge is 0.481 e. The second-order valence-electron chi connectivity index (χ2n) is 5.50. The van der Waals surface area contributed by atoms with Gasteiger partial charge in [0.25, 0.3) is 0 Å². The van der Waals surface area contributed by atoms with E-state index in [0.717, 1.165) is 0 Å². The zero-order chi connectivity index (χ0) is 14.6. The Balaban J connectivity index is 2.65. The summed E-state index contributed by atoms with van der Waals surface area (Å²) in [6.07, 6.45) is 0.173. The van der Waals surface area contributed by atoms with Crippen molar-refractivity contribution in [3.8, 4) is 0 Å². The standard InChI is InChI=1S/C13H22N2O4/c1-9(2)7-15(5-4-12(17)18)13(19)10-6-11(16)14(3)8-10/h9-10H,4-8H2,1-3H3,(H,17,18). The minimum atomic E-state index is -0.916. The normalized spacial score (nSPS) is 19.1. The van der Waals surface area contributed by atoms with Crippen molar-refractivity contribution in [3.63, 3.8) is 0 Å². The lowest BCUT2D eigenvalue weighted by atomic mass is 10.1. The Morgan fingerprint density at radius 2 is 2.11 bits per heavy atom. The van der Waals surface area contributed by atoms with Crippen LogP contribution in [0.2, 0.25) is 0 Å². The average Bonchev–Trinajstić information content (AvgIpc) is 2.63. The molecule has 0 aromatic heterocycles. The van der Waals surface area contributed by atoms with Gasteiger partial charge in [-0.2, -0.15) is 0 Å². The fourth-order valence-corrected chi connectivity index (χ4v) is 2.25. The highest BCUT2D eigenvalue weighted by atomic mass is 16.4. The molecule has 0 saturated carbocycles. The van der Waals surface area contributed by atoms with Crippen molar-refractivity contribution in [1.29, 1.82) is 0 Å². The van der Waals surface area contributed by atoms with E-state index in [4.69, 9.17) is 5.11 Å². The molecule has 0 spiro atoms. The Morgan fingerprint density at radius 1 is 1.47 bits per heavy atom. The van der Waals surface area contributed by atoms with Crippen molar-refractivity contribution < 1.29 is 19.5 Å². The van der Waals surface area contributed by atoms with Crippen LogP contribution in [0.5, 0.6) is 0 Å². The van der Waals surface area contributed by atoms with Crippen molar-refractivity contribution in [3.05, 3.63) is 0 Å². The second-order valence-corrected chi connectivity index (χ2v) is 5.50. The maximum atomic E-state index is 12.3. The number of hydrogen-bond acceptors (Lipinski definition) is 3. The zero-order valence-corrected chi connectivity index (χ0v) is 11.8. The van der Waals surface area contributed by atoms with Gasteiger partial charge in [-0.25, -0.2) is 0 Å². The number of carbonyl (C=O) groups is 3. The van der Waals surface area contributed by atoms with Crippen LogP contribution in [0.25, 0.3) is 0 Å². The quantitative estimate of drug-likeness (QED) is 0.759. The van der Waals surface area contributed by atoms with Gasteiger partial charge in [-0.15, -0.1) is 0 Å². The Kier molecular flexibility index (Phi) is 5.32. The molecule has 1 aliphatic rings. The van der Waals surface area contributed by atoms with E-state index in [9.17, 15) is 14.4 Å². The van der Waals surface area contributed by atoms with E-state index in [-0.39, 0.29) is 43.0 Å². The molecular weight excluding hydrogens is 248 g/mol. The van der Waals surface area contributed by atoms with E-state index in [1.54, 1.807) is 16.8 Å². The minimum Gasteiger partial charge on any atom is -0.481 e. The molecule has 0 bridgehead atoms. The van der Waals surface area contributed by atoms with Gasteiger partial charge >= 0.3 is 5.97 Å². The molecule has 0 aromatic rings. The van der Waals surface area contributed by atoms with Crippen molar-refractivity contribution >= 4 is 17.8 Å². The molecule has 0 radical (unpaired) electrons. The van der Waals surface area contributed by atoms with Crippen LogP contribution in [0.15, 0.2) is 0 Å². The first kappa shape index (κ1) is 15.5. The maximum Gasteiger partial charge on any atom is 0.305 e. The molecule has 19 heavy (non-hydrogen) atoms. The van der Waals surface area contributed by atoms with Gasteiger partial charge in [0.1, 0.15) is 0 Å². The number of hydrogen-bond donors (Lipinski definition) is 1. The van der Waals surface area contributed by atoms with Gasteiger partial charge in [-0.1, -0.05) is 13.8 Å². The number of amides is 2. The Bertz CT molecular complexity index is 368. The second kappa shape index (κ2) is 6.54. The van der Waals surface area contributed by atoms with Crippen LogP contribution in [0.4, 0.5) is 0 Å². The highest BCUT2D eigenvalue weighted by molar-refractivity contribution is 5.89. The Morgan fingerprint density at radius 3 is 2.53 bits per heavy atom. The number of rotatable bonds is 6. The van der Waals surface area contributed by atoms with Crippen LogP contribution >= 0.6 is 0 Å². The molecule has 0 aliphatic carbocycles. The minimum absolute atomic E-state index is 0.0268. The summed E-state index contributed by atoms with van der Waals surface area (Å²) >= 11 is 0. The zero-order valence-electron chi connectivity index (χ0n) is 11.8. The number of carboxylic acid groups (broad SMARTS) is 1. The summed E-state index contributed by atoms with van der Waals surface area (Å²) in [6.45, 7) is 5.13. The van der Waals surface area contributed by atoms with Crippen LogP contribution in [-0.2, 0) is 14.4 Å². The predicted octanol–water partition coefficient (Wildman–Crippen LogP) is 0.424. The van der Waals surface area contributed by atoms with E-state index >= 15 is 0 Å². The summed E-state index contributed by atoms with van der Waals surface area (Å²) in [4.78, 5) is 37.6. The SMILES string of the molecule is CC(C)CN(CCC(=O)O)C(=O)C1CC(=O)N(C)C1. The van der Waals surface area contributed by atoms with Crippen molar-refractivity contribution in [2.45, 2.75) is 26.7 Å². The van der Waals surface area contributed by atoms with Crippen LogP contribution in [0.1, 0.15) is 26.7 Å². The monoisotopic (exact) mass is 270 g/mol. The number of aliphatic carboxylic acids is 1. The van der Waals surface area contributed by atoms with Gasteiger partial charge in [-0.05, 0) is 5.92 Å². The van der Waals surface area contributed by atoms with E-state index in [1.165, 1.54) is 0 Å². The number of likely N-dealkylation sites (tertiary alicyclic amines) is 1. The van der Waals surface area contributed by atoms with Crippen LogP contribution in [-0.4, -0.2) is 59.4 Å². The topological polar surface area (TPSA) is 77.9 Å². The van der Waals surface area contributed by atoms with Gasteiger partial charge in [-0.3, -0.25) is 14.4 Å². The first-order chi connectivity index (χ1) is 8.81. The Hall–Kier alpha value is -1.59. The molecule has 6 nitrogen and oxygen atoms in total. The number of carboxylic acids is 1. The summed E-state index contributed by atoms with van der Waals surface area (Å²) in [6, 6.07) is 0. The van der Waals surface area contributed by atoms with Gasteiger partial charge in [0.05, 0.1) is 12.3 Å². The third kappa shape index (κ3) is 4.54. The molecule has 1 unspecified atom stereocenters. The van der Waals surface area contributed by atoms with Crippen molar-refractivity contribution in [2.75, 3.05) is 26.7 Å². The van der Waals surface area contributed by atoms with Gasteiger partial charge in [0.15, 0.2) is 0 Å². The molecule has 1 N–H and O–H groups in total. The third-order valence-electron chi connectivity index (χ3n) is 3.18. The molecule has 0 aromatic carbocycles. The fraction of sp³-hybridized carbons (Fsp3) is 0.769. The molecule has 6 heteroatoms. The molecule has 2 amide bonds. The van der Waals surface area contributed by atoms with Crippen LogP contribution < -0.4 is 0 Å². The molecule has 1 fully saturated rings. The van der Waals surface area contributed by atoms with Crippen LogP contribution in [0.3, 0.4) is 0 Å². The summed E-state index contributed by atoms with van der Waals surface area (Å²) in [5.74, 6) is -1.10. The van der Waals surface area contributed by atoms with E-state index in [1.807, 2.05) is 13.8 Å². The van der Waals surface area contributed by atoms with Crippen molar-refractivity contribution in [2.24, 2.45) is 11.8 Å². The van der Waals surface area contributed by atoms with E-state index in [2.05, 4.69) is 0 Å². The maximum absolute atomic E-state index is 12.3. The average molecular weight is 270 g/mol. The lowest BCUT2D eigenvalue weighted by Crippen LogP contribution is -2.40. The summed E-state index contributed by atoms with van der Waals surface area (Å²) in [5.41, 5.74) is 0. The smallest absolute Gasteiger partial charge is 0.305 e. The number of nitrogens with zero attached hydrogens (tertiary/aromatic N) is 2. The molecule has 1 saturated heterocycles. The molecule has 108 valence electrons. The molecule has 1 atom stereocenters. The summed E-state index contributed by atoms with van der Waals surface area (Å²) in [7, 11) is 1.68. The summed E-state index contributed by atoms with van der Waals surface area (Å²) < 4.78 is 0. The van der Waals surface area contributed by atoms with Crippen LogP contribution in [0, 0.1) is 11.8 Å². The lowest BCUT2D eigenvalue weighted by Gasteiger charge is -2.26. The van der Waals surface area contributed by atoms with E-state index < -0.39 is 5.97 Å².